The second kappa shape index (κ2) is 4.13. The van der Waals surface area contributed by atoms with Gasteiger partial charge in [0.25, 0.3) is 0 Å². The maximum absolute atomic E-state index is 14.0. The van der Waals surface area contributed by atoms with Crippen LogP contribution >= 0.6 is 0 Å². The first-order chi connectivity index (χ1) is 8.25. The van der Waals surface area contributed by atoms with Gasteiger partial charge in [-0.1, -0.05) is 0 Å². The number of morpholine rings is 1. The Morgan fingerprint density at radius 2 is 2.29 bits per heavy atom. The molecule has 0 saturated carbocycles. The van der Waals surface area contributed by atoms with Crippen LogP contribution in [0.4, 0.5) is 4.39 Å². The lowest BCUT2D eigenvalue weighted by Crippen LogP contribution is -2.41. The fraction of sp³-hybridized carbons (Fsp3) is 0.385. The second-order valence-corrected chi connectivity index (χ2v) is 4.37. The minimum atomic E-state index is -0.270. The first-order valence-corrected chi connectivity index (χ1v) is 5.77. The van der Waals surface area contributed by atoms with Crippen molar-refractivity contribution in [1.29, 1.82) is 0 Å². The molecule has 1 aliphatic rings. The first-order valence-electron chi connectivity index (χ1n) is 5.77. The second-order valence-electron chi connectivity index (χ2n) is 4.37. The molecule has 2 aromatic rings. The molecule has 1 fully saturated rings. The summed E-state index contributed by atoms with van der Waals surface area (Å²) >= 11 is 0. The Bertz CT molecular complexity index is 537. The Kier molecular flexibility index (Phi) is 2.61. The summed E-state index contributed by atoms with van der Waals surface area (Å²) in [5.41, 5.74) is 1.17. The molecule has 0 amide bonds. The van der Waals surface area contributed by atoms with Gasteiger partial charge in [0.1, 0.15) is 17.5 Å². The molecule has 1 saturated heterocycles. The van der Waals surface area contributed by atoms with E-state index in [2.05, 4.69) is 5.32 Å². The van der Waals surface area contributed by atoms with E-state index in [9.17, 15) is 4.39 Å². The van der Waals surface area contributed by atoms with Crippen molar-refractivity contribution in [3.05, 3.63) is 35.8 Å². The van der Waals surface area contributed by atoms with Gasteiger partial charge in [-0.15, -0.1) is 0 Å². The first kappa shape index (κ1) is 10.7. The number of halogens is 1. The number of ether oxygens (including phenoxy) is 1. The lowest BCUT2D eigenvalue weighted by molar-refractivity contribution is -0.00217. The molecular formula is C13H14FNO2. The monoisotopic (exact) mass is 235 g/mol. The van der Waals surface area contributed by atoms with Crippen LogP contribution in [-0.4, -0.2) is 19.2 Å². The topological polar surface area (TPSA) is 34.4 Å². The molecule has 17 heavy (non-hydrogen) atoms. The standard InChI is InChI=1S/C13H14FNO2/c1-8-13(17-5-3-15-8)10-6-9-2-4-16-12(9)7-11(10)14/h2,4,6-8,13,15H,3,5H2,1H3. The average molecular weight is 235 g/mol. The Morgan fingerprint density at radius 3 is 3.12 bits per heavy atom. The molecule has 1 aliphatic heterocycles. The highest BCUT2D eigenvalue weighted by Crippen LogP contribution is 2.29. The summed E-state index contributed by atoms with van der Waals surface area (Å²) in [6.45, 7) is 3.42. The number of hydrogen-bond donors (Lipinski definition) is 1. The van der Waals surface area contributed by atoms with E-state index in [0.29, 0.717) is 17.8 Å². The van der Waals surface area contributed by atoms with Crippen molar-refractivity contribution in [2.45, 2.75) is 19.1 Å². The lowest BCUT2D eigenvalue weighted by atomic mass is 10.00. The highest BCUT2D eigenvalue weighted by molar-refractivity contribution is 5.78. The van der Waals surface area contributed by atoms with E-state index in [4.69, 9.17) is 9.15 Å². The van der Waals surface area contributed by atoms with Crippen molar-refractivity contribution in [3.8, 4) is 0 Å². The predicted molar refractivity (Wildman–Crippen MR) is 62.3 cm³/mol. The van der Waals surface area contributed by atoms with Crippen LogP contribution in [0.5, 0.6) is 0 Å². The zero-order valence-corrected chi connectivity index (χ0v) is 9.57. The maximum Gasteiger partial charge on any atom is 0.136 e. The van der Waals surface area contributed by atoms with E-state index in [1.165, 1.54) is 6.07 Å². The van der Waals surface area contributed by atoms with Crippen molar-refractivity contribution in [2.24, 2.45) is 0 Å². The van der Waals surface area contributed by atoms with Crippen LogP contribution in [0.3, 0.4) is 0 Å². The van der Waals surface area contributed by atoms with E-state index < -0.39 is 0 Å². The van der Waals surface area contributed by atoms with Crippen molar-refractivity contribution in [3.63, 3.8) is 0 Å². The average Bonchev–Trinajstić information content (AvgIpc) is 2.76. The molecule has 0 bridgehead atoms. The fourth-order valence-electron chi connectivity index (χ4n) is 2.30. The number of benzene rings is 1. The molecule has 2 unspecified atom stereocenters. The van der Waals surface area contributed by atoms with E-state index in [0.717, 1.165) is 11.9 Å². The molecule has 1 aromatic carbocycles. The van der Waals surface area contributed by atoms with E-state index in [1.54, 1.807) is 6.26 Å². The van der Waals surface area contributed by atoms with E-state index in [1.807, 2.05) is 19.1 Å². The van der Waals surface area contributed by atoms with Gasteiger partial charge in [-0.25, -0.2) is 4.39 Å². The van der Waals surface area contributed by atoms with E-state index in [-0.39, 0.29) is 18.0 Å². The van der Waals surface area contributed by atoms with E-state index >= 15 is 0 Å². The Labute approximate surface area is 98.6 Å². The highest BCUT2D eigenvalue weighted by atomic mass is 19.1. The molecule has 2 atom stereocenters. The van der Waals surface area contributed by atoms with Crippen molar-refractivity contribution >= 4 is 11.0 Å². The third kappa shape index (κ3) is 1.83. The summed E-state index contributed by atoms with van der Waals surface area (Å²) in [5.74, 6) is -0.270. The van der Waals surface area contributed by atoms with Crippen LogP contribution in [-0.2, 0) is 4.74 Å². The number of nitrogens with one attached hydrogen (secondary N) is 1. The number of hydrogen-bond acceptors (Lipinski definition) is 3. The smallest absolute Gasteiger partial charge is 0.136 e. The minimum Gasteiger partial charge on any atom is -0.464 e. The molecule has 0 spiro atoms. The summed E-state index contributed by atoms with van der Waals surface area (Å²) in [6, 6.07) is 5.18. The number of furan rings is 1. The van der Waals surface area contributed by atoms with Crippen molar-refractivity contribution < 1.29 is 13.5 Å². The Balaban J connectivity index is 2.05. The van der Waals surface area contributed by atoms with Crippen molar-refractivity contribution in [1.82, 2.24) is 5.32 Å². The zero-order chi connectivity index (χ0) is 11.8. The summed E-state index contributed by atoms with van der Waals surface area (Å²) in [7, 11) is 0. The lowest BCUT2D eigenvalue weighted by Gasteiger charge is -2.30. The fourth-order valence-corrected chi connectivity index (χ4v) is 2.30. The molecule has 3 rings (SSSR count). The van der Waals surface area contributed by atoms with Gasteiger partial charge in [-0.3, -0.25) is 0 Å². The van der Waals surface area contributed by atoms with Crippen molar-refractivity contribution in [2.75, 3.05) is 13.2 Å². The normalized spacial score (nSPS) is 25.3. The molecule has 0 radical (unpaired) electrons. The van der Waals surface area contributed by atoms with Crippen LogP contribution in [0.2, 0.25) is 0 Å². The predicted octanol–water partition coefficient (Wildman–Crippen LogP) is 2.62. The van der Waals surface area contributed by atoms with Crippen LogP contribution in [0.15, 0.2) is 28.9 Å². The largest absolute Gasteiger partial charge is 0.464 e. The Morgan fingerprint density at radius 1 is 1.41 bits per heavy atom. The molecule has 2 heterocycles. The SMILES string of the molecule is CC1NCCOC1c1cc2ccoc2cc1F. The number of rotatable bonds is 1. The zero-order valence-electron chi connectivity index (χ0n) is 9.57. The van der Waals surface area contributed by atoms with Crippen LogP contribution < -0.4 is 5.32 Å². The summed E-state index contributed by atoms with van der Waals surface area (Å²) in [6.07, 6.45) is 1.33. The third-order valence-corrected chi connectivity index (χ3v) is 3.20. The van der Waals surface area contributed by atoms with Gasteiger partial charge in [0.15, 0.2) is 0 Å². The molecular weight excluding hydrogens is 221 g/mol. The Hall–Kier alpha value is -1.39. The summed E-state index contributed by atoms with van der Waals surface area (Å²) in [5, 5.41) is 4.19. The van der Waals surface area contributed by atoms with Crippen LogP contribution in [0.1, 0.15) is 18.6 Å². The van der Waals surface area contributed by atoms with Gasteiger partial charge in [-0.05, 0) is 19.1 Å². The van der Waals surface area contributed by atoms with Gasteiger partial charge in [0.05, 0.1) is 12.9 Å². The van der Waals surface area contributed by atoms with Crippen LogP contribution in [0.25, 0.3) is 11.0 Å². The number of fused-ring (bicyclic) bond motifs is 1. The van der Waals surface area contributed by atoms with Gasteiger partial charge < -0.3 is 14.5 Å². The summed E-state index contributed by atoms with van der Waals surface area (Å²) in [4.78, 5) is 0. The molecule has 3 nitrogen and oxygen atoms in total. The molecule has 0 aliphatic carbocycles. The third-order valence-electron chi connectivity index (χ3n) is 3.20. The van der Waals surface area contributed by atoms with Gasteiger partial charge in [-0.2, -0.15) is 0 Å². The molecule has 1 aromatic heterocycles. The van der Waals surface area contributed by atoms with Gasteiger partial charge >= 0.3 is 0 Å². The highest BCUT2D eigenvalue weighted by Gasteiger charge is 2.26. The van der Waals surface area contributed by atoms with Gasteiger partial charge in [0.2, 0.25) is 0 Å². The summed E-state index contributed by atoms with van der Waals surface area (Å²) < 4.78 is 24.8. The molecule has 1 N–H and O–H groups in total. The van der Waals surface area contributed by atoms with Crippen LogP contribution in [0, 0.1) is 5.82 Å². The minimum absolute atomic E-state index is 0.114. The maximum atomic E-state index is 14.0. The quantitative estimate of drug-likeness (QED) is 0.825. The van der Waals surface area contributed by atoms with Gasteiger partial charge in [0, 0.05) is 29.6 Å². The molecule has 4 heteroatoms. The molecule has 90 valence electrons.